The van der Waals surface area contributed by atoms with E-state index in [9.17, 15) is 5.11 Å². The van der Waals surface area contributed by atoms with Crippen LogP contribution in [0.5, 0.6) is 0 Å². The SMILES string of the molecule is CN(Cc1cc(Br)cs1)CC(O)C(N)Cc1ccccc1. The van der Waals surface area contributed by atoms with Crippen molar-refractivity contribution in [1.29, 1.82) is 0 Å². The van der Waals surface area contributed by atoms with E-state index in [1.54, 1.807) is 11.3 Å². The summed E-state index contributed by atoms with van der Waals surface area (Å²) < 4.78 is 1.11. The van der Waals surface area contributed by atoms with Gasteiger partial charge in [0, 0.05) is 33.9 Å². The average molecular weight is 369 g/mol. The molecular weight excluding hydrogens is 348 g/mol. The Balaban J connectivity index is 1.81. The van der Waals surface area contributed by atoms with Crippen molar-refractivity contribution >= 4 is 27.3 Å². The number of halogens is 1. The van der Waals surface area contributed by atoms with Gasteiger partial charge in [-0.05, 0) is 41.0 Å². The molecule has 0 aliphatic heterocycles. The molecule has 0 fully saturated rings. The molecule has 0 saturated heterocycles. The maximum absolute atomic E-state index is 10.3. The van der Waals surface area contributed by atoms with Crippen LogP contribution in [0.1, 0.15) is 10.4 Å². The highest BCUT2D eigenvalue weighted by molar-refractivity contribution is 9.10. The van der Waals surface area contributed by atoms with Gasteiger partial charge in [0.15, 0.2) is 0 Å². The lowest BCUT2D eigenvalue weighted by Crippen LogP contribution is -2.43. The van der Waals surface area contributed by atoms with Gasteiger partial charge < -0.3 is 10.8 Å². The fraction of sp³-hybridized carbons (Fsp3) is 0.375. The number of benzene rings is 1. The van der Waals surface area contributed by atoms with Gasteiger partial charge in [-0.2, -0.15) is 0 Å². The molecule has 21 heavy (non-hydrogen) atoms. The third-order valence-corrected chi connectivity index (χ3v) is 5.04. The molecule has 1 aromatic carbocycles. The topological polar surface area (TPSA) is 49.5 Å². The van der Waals surface area contributed by atoms with E-state index in [-0.39, 0.29) is 6.04 Å². The minimum atomic E-state index is -0.529. The minimum Gasteiger partial charge on any atom is -0.390 e. The van der Waals surface area contributed by atoms with E-state index >= 15 is 0 Å². The van der Waals surface area contributed by atoms with Gasteiger partial charge >= 0.3 is 0 Å². The summed E-state index contributed by atoms with van der Waals surface area (Å²) in [5, 5.41) is 12.3. The van der Waals surface area contributed by atoms with Crippen molar-refractivity contribution in [1.82, 2.24) is 4.90 Å². The number of hydrogen-bond donors (Lipinski definition) is 2. The van der Waals surface area contributed by atoms with Crippen molar-refractivity contribution < 1.29 is 5.11 Å². The van der Waals surface area contributed by atoms with Crippen molar-refractivity contribution in [3.63, 3.8) is 0 Å². The van der Waals surface area contributed by atoms with Crippen LogP contribution >= 0.6 is 27.3 Å². The van der Waals surface area contributed by atoms with Crippen molar-refractivity contribution in [2.24, 2.45) is 5.73 Å². The Labute approximate surface area is 138 Å². The molecule has 0 saturated carbocycles. The van der Waals surface area contributed by atoms with Crippen molar-refractivity contribution in [2.75, 3.05) is 13.6 Å². The molecule has 2 unspecified atom stereocenters. The smallest absolute Gasteiger partial charge is 0.0820 e. The summed E-state index contributed by atoms with van der Waals surface area (Å²) in [4.78, 5) is 3.38. The third kappa shape index (κ3) is 5.52. The van der Waals surface area contributed by atoms with Crippen LogP contribution < -0.4 is 5.73 Å². The van der Waals surface area contributed by atoms with Crippen LogP contribution in [0.15, 0.2) is 46.3 Å². The van der Waals surface area contributed by atoms with E-state index < -0.39 is 6.10 Å². The average Bonchev–Trinajstić information content (AvgIpc) is 2.84. The highest BCUT2D eigenvalue weighted by Gasteiger charge is 2.17. The number of hydrogen-bond acceptors (Lipinski definition) is 4. The third-order valence-electron chi connectivity index (χ3n) is 3.35. The molecule has 3 N–H and O–H groups in total. The standard InChI is InChI=1S/C16H21BrN2OS/c1-19(9-14-8-13(17)11-21-14)10-16(20)15(18)7-12-5-3-2-4-6-12/h2-6,8,11,15-16,20H,7,9-10,18H2,1H3. The summed E-state index contributed by atoms with van der Waals surface area (Å²) in [5.74, 6) is 0. The van der Waals surface area contributed by atoms with Crippen LogP contribution in [0.2, 0.25) is 0 Å². The molecule has 1 aromatic heterocycles. The molecule has 0 radical (unpaired) electrons. The zero-order valence-corrected chi connectivity index (χ0v) is 14.5. The van der Waals surface area contributed by atoms with Gasteiger partial charge in [-0.15, -0.1) is 11.3 Å². The highest BCUT2D eigenvalue weighted by Crippen LogP contribution is 2.20. The van der Waals surface area contributed by atoms with Gasteiger partial charge in [0.1, 0.15) is 0 Å². The lowest BCUT2D eigenvalue weighted by Gasteiger charge is -2.24. The summed E-state index contributed by atoms with van der Waals surface area (Å²) in [5.41, 5.74) is 7.27. The van der Waals surface area contributed by atoms with E-state index in [1.165, 1.54) is 4.88 Å². The fourth-order valence-corrected chi connectivity index (χ4v) is 3.77. The van der Waals surface area contributed by atoms with E-state index in [4.69, 9.17) is 5.73 Å². The molecule has 2 atom stereocenters. The zero-order valence-electron chi connectivity index (χ0n) is 12.1. The summed E-state index contributed by atoms with van der Waals surface area (Å²) in [6.07, 6.45) is 0.166. The monoisotopic (exact) mass is 368 g/mol. The van der Waals surface area contributed by atoms with Crippen LogP contribution in [-0.2, 0) is 13.0 Å². The zero-order chi connectivity index (χ0) is 15.2. The molecule has 0 aliphatic carbocycles. The van der Waals surface area contributed by atoms with Crippen molar-refractivity contribution in [3.8, 4) is 0 Å². The van der Waals surface area contributed by atoms with Crippen LogP contribution in [-0.4, -0.2) is 35.7 Å². The van der Waals surface area contributed by atoms with Gasteiger partial charge in [-0.25, -0.2) is 0 Å². The highest BCUT2D eigenvalue weighted by atomic mass is 79.9. The lowest BCUT2D eigenvalue weighted by molar-refractivity contribution is 0.0996. The van der Waals surface area contributed by atoms with Gasteiger partial charge in [-0.1, -0.05) is 30.3 Å². The summed E-state index contributed by atoms with van der Waals surface area (Å²) in [6, 6.07) is 11.9. The van der Waals surface area contributed by atoms with Gasteiger partial charge in [-0.3, -0.25) is 4.90 Å². The molecule has 0 aliphatic rings. The van der Waals surface area contributed by atoms with Gasteiger partial charge in [0.25, 0.3) is 0 Å². The Kier molecular flexibility index (Phi) is 6.39. The second-order valence-electron chi connectivity index (χ2n) is 5.35. The number of aliphatic hydroxyl groups is 1. The van der Waals surface area contributed by atoms with Gasteiger partial charge in [0.05, 0.1) is 6.10 Å². The minimum absolute atomic E-state index is 0.245. The number of nitrogens with zero attached hydrogens (tertiary/aromatic N) is 1. The fourth-order valence-electron chi connectivity index (χ4n) is 2.24. The summed E-state index contributed by atoms with van der Waals surface area (Å²) in [6.45, 7) is 1.40. The summed E-state index contributed by atoms with van der Waals surface area (Å²) in [7, 11) is 2.01. The van der Waals surface area contributed by atoms with Crippen LogP contribution in [0, 0.1) is 0 Å². The number of rotatable bonds is 7. The molecule has 0 amide bonds. The second kappa shape index (κ2) is 8.06. The molecule has 2 aromatic rings. The molecule has 5 heteroatoms. The molecule has 114 valence electrons. The maximum Gasteiger partial charge on any atom is 0.0820 e. The quantitative estimate of drug-likeness (QED) is 0.789. The number of thiophene rings is 1. The molecular formula is C16H21BrN2OS. The Morgan fingerprint density at radius 1 is 1.33 bits per heavy atom. The first-order valence-corrected chi connectivity index (χ1v) is 8.61. The predicted molar refractivity (Wildman–Crippen MR) is 92.5 cm³/mol. The van der Waals surface area contributed by atoms with E-state index in [0.717, 1.165) is 16.6 Å². The Morgan fingerprint density at radius 3 is 2.67 bits per heavy atom. The lowest BCUT2D eigenvalue weighted by atomic mass is 10.0. The predicted octanol–water partition coefficient (Wildman–Crippen LogP) is 2.87. The first-order valence-electron chi connectivity index (χ1n) is 6.93. The maximum atomic E-state index is 10.3. The Bertz CT molecular complexity index is 546. The number of nitrogens with two attached hydrogens (primary N) is 1. The first-order chi connectivity index (χ1) is 10.0. The number of likely N-dealkylation sites (N-methyl/N-ethyl adjacent to an activating group) is 1. The molecule has 0 bridgehead atoms. The Hall–Kier alpha value is -0.720. The molecule has 3 nitrogen and oxygen atoms in total. The van der Waals surface area contributed by atoms with E-state index in [2.05, 4.69) is 32.3 Å². The summed E-state index contributed by atoms with van der Waals surface area (Å²) >= 11 is 5.17. The largest absolute Gasteiger partial charge is 0.390 e. The number of aliphatic hydroxyl groups excluding tert-OH is 1. The molecule has 0 spiro atoms. The van der Waals surface area contributed by atoms with Gasteiger partial charge in [0.2, 0.25) is 0 Å². The van der Waals surface area contributed by atoms with Crippen LogP contribution in [0.3, 0.4) is 0 Å². The van der Waals surface area contributed by atoms with E-state index in [0.29, 0.717) is 13.0 Å². The first kappa shape index (κ1) is 16.6. The second-order valence-corrected chi connectivity index (χ2v) is 7.26. The Morgan fingerprint density at radius 2 is 2.05 bits per heavy atom. The van der Waals surface area contributed by atoms with Crippen molar-refractivity contribution in [2.45, 2.75) is 25.1 Å². The molecule has 1 heterocycles. The van der Waals surface area contributed by atoms with Crippen LogP contribution in [0.4, 0.5) is 0 Å². The van der Waals surface area contributed by atoms with E-state index in [1.807, 2.05) is 37.4 Å². The molecule has 2 rings (SSSR count). The van der Waals surface area contributed by atoms with Crippen LogP contribution in [0.25, 0.3) is 0 Å². The normalized spacial score (nSPS) is 14.3. The van der Waals surface area contributed by atoms with Crippen molar-refractivity contribution in [3.05, 3.63) is 56.7 Å².